The zero-order chi connectivity index (χ0) is 14.5. The van der Waals surface area contributed by atoms with Gasteiger partial charge in [-0.1, -0.05) is 39.0 Å². The molecule has 3 unspecified atom stereocenters. The molecular weight excluding hydrogens is 249 g/mol. The first-order chi connectivity index (χ1) is 9.63. The maximum absolute atomic E-state index is 14.2. The smallest absolute Gasteiger partial charge is 0.126 e. The molecule has 1 aromatic rings. The molecule has 1 nitrogen and oxygen atoms in total. The summed E-state index contributed by atoms with van der Waals surface area (Å²) >= 11 is 0. The Labute approximate surface area is 123 Å². The summed E-state index contributed by atoms with van der Waals surface area (Å²) in [6, 6.07) is 7.36. The molecule has 0 radical (unpaired) electrons. The first-order valence-electron chi connectivity index (χ1n) is 8.08. The maximum Gasteiger partial charge on any atom is 0.126 e. The molecule has 0 spiro atoms. The minimum atomic E-state index is -0.0246. The molecule has 0 amide bonds. The van der Waals surface area contributed by atoms with Gasteiger partial charge in [0.2, 0.25) is 0 Å². The Bertz CT molecular complexity index is 416. The van der Waals surface area contributed by atoms with E-state index in [0.29, 0.717) is 17.8 Å². The quantitative estimate of drug-likeness (QED) is 0.830. The van der Waals surface area contributed by atoms with Crippen LogP contribution in [0, 0.1) is 23.6 Å². The highest BCUT2D eigenvalue weighted by Crippen LogP contribution is 2.43. The van der Waals surface area contributed by atoms with Gasteiger partial charge in [0.05, 0.1) is 0 Å². The summed E-state index contributed by atoms with van der Waals surface area (Å²) < 4.78 is 14.2. The highest BCUT2D eigenvalue weighted by Gasteiger charge is 2.33. The van der Waals surface area contributed by atoms with Crippen molar-refractivity contribution in [2.24, 2.45) is 17.8 Å². The first kappa shape index (κ1) is 15.5. The summed E-state index contributed by atoms with van der Waals surface area (Å²) in [7, 11) is 0. The Morgan fingerprint density at radius 1 is 1.25 bits per heavy atom. The van der Waals surface area contributed by atoms with E-state index in [-0.39, 0.29) is 5.82 Å². The molecule has 1 N–H and O–H groups in total. The highest BCUT2D eigenvalue weighted by atomic mass is 19.1. The predicted molar refractivity (Wildman–Crippen MR) is 83.4 cm³/mol. The summed E-state index contributed by atoms with van der Waals surface area (Å²) in [4.78, 5) is 0. The summed E-state index contributed by atoms with van der Waals surface area (Å²) in [5.41, 5.74) is 0.931. The van der Waals surface area contributed by atoms with Crippen molar-refractivity contribution >= 4 is 0 Å². The molecule has 1 aliphatic carbocycles. The summed E-state index contributed by atoms with van der Waals surface area (Å²) in [5, 5.41) is 3.46. The van der Waals surface area contributed by atoms with Gasteiger partial charge in [0.25, 0.3) is 0 Å². The third-order valence-electron chi connectivity index (χ3n) is 4.94. The van der Waals surface area contributed by atoms with E-state index < -0.39 is 0 Å². The molecule has 1 aromatic carbocycles. The average Bonchev–Trinajstić information content (AvgIpc) is 2.45. The topological polar surface area (TPSA) is 12.0 Å². The molecule has 1 aliphatic rings. The molecule has 0 saturated heterocycles. The van der Waals surface area contributed by atoms with Crippen molar-refractivity contribution in [3.8, 4) is 0 Å². The number of nitrogens with one attached hydrogen (secondary N) is 1. The molecule has 1 saturated carbocycles. The number of hydrogen-bond acceptors (Lipinski definition) is 1. The Kier molecular flexibility index (Phi) is 5.59. The van der Waals surface area contributed by atoms with Crippen LogP contribution in [0.5, 0.6) is 0 Å². The van der Waals surface area contributed by atoms with E-state index in [1.54, 1.807) is 12.1 Å². The third kappa shape index (κ3) is 3.60. The fraction of sp³-hybridized carbons (Fsp3) is 0.667. The molecule has 3 atom stereocenters. The first-order valence-corrected chi connectivity index (χ1v) is 8.08. The normalized spacial score (nSPS) is 26.9. The van der Waals surface area contributed by atoms with Gasteiger partial charge in [0, 0.05) is 0 Å². The summed E-state index contributed by atoms with van der Waals surface area (Å²) in [5.74, 6) is 2.35. The van der Waals surface area contributed by atoms with Crippen molar-refractivity contribution in [2.75, 3.05) is 13.1 Å². The second kappa shape index (κ2) is 7.21. The van der Waals surface area contributed by atoms with E-state index in [4.69, 9.17) is 0 Å². The second-order valence-corrected chi connectivity index (χ2v) is 6.51. The van der Waals surface area contributed by atoms with Crippen molar-refractivity contribution in [3.63, 3.8) is 0 Å². The molecular formula is C18H28FN. The molecule has 20 heavy (non-hydrogen) atoms. The van der Waals surface area contributed by atoms with E-state index >= 15 is 0 Å². The largest absolute Gasteiger partial charge is 0.317 e. The standard InChI is InChI=1S/C18H28FN/c1-4-20-12-15-10-9-14(13(2)3)11-17(15)16-7-5-6-8-18(16)19/h5-8,13-15,17,20H,4,9-12H2,1-3H3. The molecule has 112 valence electrons. The van der Waals surface area contributed by atoms with Crippen molar-refractivity contribution in [1.29, 1.82) is 0 Å². The van der Waals surface area contributed by atoms with Crippen LogP contribution in [-0.2, 0) is 0 Å². The molecule has 2 heteroatoms. The molecule has 0 aliphatic heterocycles. The fourth-order valence-electron chi connectivity index (χ4n) is 3.60. The fourth-order valence-corrected chi connectivity index (χ4v) is 3.60. The zero-order valence-electron chi connectivity index (χ0n) is 13.0. The van der Waals surface area contributed by atoms with Gasteiger partial charge in [0.1, 0.15) is 5.82 Å². The molecule has 2 rings (SSSR count). The van der Waals surface area contributed by atoms with Crippen LogP contribution in [0.2, 0.25) is 0 Å². The summed E-state index contributed by atoms with van der Waals surface area (Å²) in [6.45, 7) is 8.74. The van der Waals surface area contributed by atoms with Crippen molar-refractivity contribution < 1.29 is 4.39 Å². The number of hydrogen-bond donors (Lipinski definition) is 1. The Morgan fingerprint density at radius 3 is 2.65 bits per heavy atom. The molecule has 1 fully saturated rings. The van der Waals surface area contributed by atoms with E-state index in [2.05, 4.69) is 26.1 Å². The average molecular weight is 277 g/mol. The van der Waals surface area contributed by atoms with Gasteiger partial charge >= 0.3 is 0 Å². The van der Waals surface area contributed by atoms with E-state index in [1.807, 2.05) is 12.1 Å². The lowest BCUT2D eigenvalue weighted by Gasteiger charge is -2.38. The van der Waals surface area contributed by atoms with Gasteiger partial charge in [-0.25, -0.2) is 4.39 Å². The van der Waals surface area contributed by atoms with Gasteiger partial charge in [-0.3, -0.25) is 0 Å². The van der Waals surface area contributed by atoms with Gasteiger partial charge in [0.15, 0.2) is 0 Å². The minimum Gasteiger partial charge on any atom is -0.317 e. The SMILES string of the molecule is CCNCC1CCC(C(C)C)CC1c1ccccc1F. The van der Waals surface area contributed by atoms with Crippen molar-refractivity contribution in [1.82, 2.24) is 5.32 Å². The third-order valence-corrected chi connectivity index (χ3v) is 4.94. The lowest BCUT2D eigenvalue weighted by molar-refractivity contribution is 0.188. The monoisotopic (exact) mass is 277 g/mol. The van der Waals surface area contributed by atoms with E-state index in [1.165, 1.54) is 12.8 Å². The van der Waals surface area contributed by atoms with Gasteiger partial charge in [-0.05, 0) is 67.7 Å². The molecule has 0 bridgehead atoms. The van der Waals surface area contributed by atoms with Gasteiger partial charge in [-0.15, -0.1) is 0 Å². The van der Waals surface area contributed by atoms with Crippen LogP contribution in [0.15, 0.2) is 24.3 Å². The zero-order valence-corrected chi connectivity index (χ0v) is 13.0. The predicted octanol–water partition coefficient (Wildman–Crippen LogP) is 4.59. The second-order valence-electron chi connectivity index (χ2n) is 6.51. The van der Waals surface area contributed by atoms with Crippen molar-refractivity contribution in [3.05, 3.63) is 35.6 Å². The van der Waals surface area contributed by atoms with E-state index in [0.717, 1.165) is 31.0 Å². The number of benzene rings is 1. The van der Waals surface area contributed by atoms with Crippen LogP contribution in [0.3, 0.4) is 0 Å². The van der Waals surface area contributed by atoms with Crippen LogP contribution >= 0.6 is 0 Å². The minimum absolute atomic E-state index is 0.0246. The lowest BCUT2D eigenvalue weighted by Crippen LogP contribution is -2.33. The molecule has 0 heterocycles. The van der Waals surface area contributed by atoms with Gasteiger partial charge in [-0.2, -0.15) is 0 Å². The van der Waals surface area contributed by atoms with Gasteiger partial charge < -0.3 is 5.32 Å². The Morgan fingerprint density at radius 2 is 2.00 bits per heavy atom. The maximum atomic E-state index is 14.2. The summed E-state index contributed by atoms with van der Waals surface area (Å²) in [6.07, 6.45) is 3.64. The Hall–Kier alpha value is -0.890. The van der Waals surface area contributed by atoms with Crippen LogP contribution < -0.4 is 5.32 Å². The van der Waals surface area contributed by atoms with Crippen LogP contribution in [0.4, 0.5) is 4.39 Å². The number of rotatable bonds is 5. The highest BCUT2D eigenvalue weighted by molar-refractivity contribution is 5.23. The Balaban J connectivity index is 2.19. The van der Waals surface area contributed by atoms with Crippen LogP contribution in [-0.4, -0.2) is 13.1 Å². The van der Waals surface area contributed by atoms with E-state index in [9.17, 15) is 4.39 Å². The number of halogens is 1. The van der Waals surface area contributed by atoms with Crippen LogP contribution in [0.1, 0.15) is 51.5 Å². The van der Waals surface area contributed by atoms with Crippen molar-refractivity contribution in [2.45, 2.75) is 46.0 Å². The lowest BCUT2D eigenvalue weighted by atomic mass is 9.68. The molecule has 0 aromatic heterocycles. The van der Waals surface area contributed by atoms with Crippen LogP contribution in [0.25, 0.3) is 0 Å².